The normalized spacial score (nSPS) is 13.4. The molecule has 0 N–H and O–H groups in total. The van der Waals surface area contributed by atoms with E-state index in [-0.39, 0.29) is 0 Å². The molecule has 0 fully saturated rings. The zero-order chi connectivity index (χ0) is 11.5. The number of unbranched alkanes of at least 4 members (excludes halogenated alkanes) is 5. The molecule has 0 saturated heterocycles. The standard InChI is InChI=1S/C11H26O2SSi/c1-4-5-6-7-8-9-10-11(14)15(12-2)13-3/h11,14-15H,4-10H2,1-3H3. The van der Waals surface area contributed by atoms with E-state index in [4.69, 9.17) is 8.85 Å². The fraction of sp³-hybridized carbons (Fsp3) is 1.00. The van der Waals surface area contributed by atoms with Gasteiger partial charge in [-0.3, -0.25) is 0 Å². The number of rotatable bonds is 10. The molecule has 0 aliphatic carbocycles. The smallest absolute Gasteiger partial charge is 0.334 e. The van der Waals surface area contributed by atoms with Gasteiger partial charge in [0.15, 0.2) is 0 Å². The third-order valence-electron chi connectivity index (χ3n) is 2.63. The fourth-order valence-corrected chi connectivity index (χ4v) is 3.92. The van der Waals surface area contributed by atoms with Crippen LogP contribution >= 0.6 is 12.6 Å². The number of hydrogen-bond donors (Lipinski definition) is 1. The Morgan fingerprint density at radius 3 is 2.07 bits per heavy atom. The molecule has 15 heavy (non-hydrogen) atoms. The van der Waals surface area contributed by atoms with Crippen molar-refractivity contribution in [2.24, 2.45) is 0 Å². The first-order valence-electron chi connectivity index (χ1n) is 5.99. The van der Waals surface area contributed by atoms with Crippen LogP contribution in [0.15, 0.2) is 0 Å². The van der Waals surface area contributed by atoms with Gasteiger partial charge in [-0.15, -0.1) is 0 Å². The molecule has 0 saturated carbocycles. The summed E-state index contributed by atoms with van der Waals surface area (Å²) in [4.78, 5) is 0.339. The molecule has 0 radical (unpaired) electrons. The molecule has 2 nitrogen and oxygen atoms in total. The van der Waals surface area contributed by atoms with Crippen LogP contribution in [0.1, 0.15) is 51.9 Å². The molecule has 0 heterocycles. The fourth-order valence-electron chi connectivity index (χ4n) is 1.68. The van der Waals surface area contributed by atoms with Gasteiger partial charge >= 0.3 is 9.28 Å². The summed E-state index contributed by atoms with van der Waals surface area (Å²) in [5, 5.41) is 0. The predicted molar refractivity (Wildman–Crippen MR) is 71.9 cm³/mol. The molecule has 0 aromatic rings. The molecule has 0 aliphatic heterocycles. The highest BCUT2D eigenvalue weighted by molar-refractivity contribution is 7.82. The molecule has 0 spiro atoms. The maximum atomic E-state index is 5.30. The highest BCUT2D eigenvalue weighted by Gasteiger charge is 2.19. The molecule has 4 heteroatoms. The number of hydrogen-bond acceptors (Lipinski definition) is 3. The van der Waals surface area contributed by atoms with Crippen molar-refractivity contribution >= 4 is 21.9 Å². The van der Waals surface area contributed by atoms with Crippen LogP contribution in [0.2, 0.25) is 0 Å². The van der Waals surface area contributed by atoms with Crippen LogP contribution < -0.4 is 0 Å². The first-order valence-corrected chi connectivity index (χ1v) is 8.12. The first kappa shape index (κ1) is 15.5. The van der Waals surface area contributed by atoms with Crippen LogP contribution in [0.4, 0.5) is 0 Å². The minimum absolute atomic E-state index is 0.339. The molecule has 0 aliphatic rings. The van der Waals surface area contributed by atoms with E-state index in [0.29, 0.717) is 4.87 Å². The molecular formula is C11H26O2SSi. The lowest BCUT2D eigenvalue weighted by molar-refractivity contribution is 0.274. The summed E-state index contributed by atoms with van der Waals surface area (Å²) in [7, 11) is 1.97. The quantitative estimate of drug-likeness (QED) is 0.365. The van der Waals surface area contributed by atoms with Crippen molar-refractivity contribution in [3.05, 3.63) is 0 Å². The van der Waals surface area contributed by atoms with E-state index in [0.717, 1.165) is 6.42 Å². The van der Waals surface area contributed by atoms with Gasteiger partial charge in [-0.05, 0) is 6.42 Å². The minimum atomic E-state index is -1.49. The van der Waals surface area contributed by atoms with Crippen molar-refractivity contribution in [1.82, 2.24) is 0 Å². The van der Waals surface area contributed by atoms with Crippen molar-refractivity contribution in [2.75, 3.05) is 14.2 Å². The molecule has 1 unspecified atom stereocenters. The van der Waals surface area contributed by atoms with Gasteiger partial charge in [0.2, 0.25) is 0 Å². The summed E-state index contributed by atoms with van der Waals surface area (Å²) in [6, 6.07) is 0. The molecule has 0 amide bonds. The van der Waals surface area contributed by atoms with Crippen molar-refractivity contribution in [2.45, 2.75) is 56.7 Å². The summed E-state index contributed by atoms with van der Waals surface area (Å²) in [6.45, 7) is 2.25. The summed E-state index contributed by atoms with van der Waals surface area (Å²) < 4.78 is 10.6. The van der Waals surface area contributed by atoms with Gasteiger partial charge in [-0.25, -0.2) is 0 Å². The zero-order valence-corrected chi connectivity index (χ0v) is 12.4. The van der Waals surface area contributed by atoms with E-state index in [1.54, 1.807) is 14.2 Å². The van der Waals surface area contributed by atoms with Gasteiger partial charge in [0.25, 0.3) is 0 Å². The largest absolute Gasteiger partial charge is 0.399 e. The Labute approximate surface area is 102 Å². The minimum Gasteiger partial charge on any atom is -0.399 e. The van der Waals surface area contributed by atoms with Crippen molar-refractivity contribution in [1.29, 1.82) is 0 Å². The Morgan fingerprint density at radius 1 is 1.00 bits per heavy atom. The first-order chi connectivity index (χ1) is 7.26. The van der Waals surface area contributed by atoms with Crippen molar-refractivity contribution < 1.29 is 8.85 Å². The Morgan fingerprint density at radius 2 is 1.53 bits per heavy atom. The third-order valence-corrected chi connectivity index (χ3v) is 5.51. The second kappa shape index (κ2) is 11.0. The summed E-state index contributed by atoms with van der Waals surface area (Å²) in [6.07, 6.45) is 9.15. The van der Waals surface area contributed by atoms with E-state index in [1.807, 2.05) is 0 Å². The molecular weight excluding hydrogens is 224 g/mol. The van der Waals surface area contributed by atoms with E-state index in [9.17, 15) is 0 Å². The molecule has 0 aromatic heterocycles. The molecule has 0 bridgehead atoms. The second-order valence-corrected chi connectivity index (χ2v) is 7.67. The lowest BCUT2D eigenvalue weighted by atomic mass is 10.1. The Hall–Kier alpha value is 0.487. The van der Waals surface area contributed by atoms with Crippen LogP contribution in [-0.4, -0.2) is 28.4 Å². The summed E-state index contributed by atoms with van der Waals surface area (Å²) in [5.41, 5.74) is 0. The van der Waals surface area contributed by atoms with Gasteiger partial charge in [0.1, 0.15) is 0 Å². The predicted octanol–water partition coefficient (Wildman–Crippen LogP) is 3.09. The van der Waals surface area contributed by atoms with E-state index < -0.39 is 9.28 Å². The van der Waals surface area contributed by atoms with Gasteiger partial charge in [-0.1, -0.05) is 45.4 Å². The van der Waals surface area contributed by atoms with Crippen molar-refractivity contribution in [3.8, 4) is 0 Å². The molecule has 1 atom stereocenters. The van der Waals surface area contributed by atoms with Gasteiger partial charge in [-0.2, -0.15) is 12.6 Å². The summed E-state index contributed by atoms with van der Waals surface area (Å²) >= 11 is 4.54. The van der Waals surface area contributed by atoms with Crippen LogP contribution in [-0.2, 0) is 8.85 Å². The number of thiol groups is 1. The summed E-state index contributed by atoms with van der Waals surface area (Å²) in [5.74, 6) is 0. The lowest BCUT2D eigenvalue weighted by Crippen LogP contribution is -2.31. The SMILES string of the molecule is CCCCCCCCC(S)[SiH](OC)OC. The topological polar surface area (TPSA) is 18.5 Å². The Bertz CT molecular complexity index is 132. The van der Waals surface area contributed by atoms with Crippen LogP contribution in [0.25, 0.3) is 0 Å². The van der Waals surface area contributed by atoms with E-state index in [1.165, 1.54) is 38.5 Å². The maximum Gasteiger partial charge on any atom is 0.334 e. The maximum absolute atomic E-state index is 5.30. The lowest BCUT2D eigenvalue weighted by Gasteiger charge is -2.17. The van der Waals surface area contributed by atoms with Gasteiger partial charge in [0, 0.05) is 19.1 Å². The van der Waals surface area contributed by atoms with E-state index in [2.05, 4.69) is 19.6 Å². The highest BCUT2D eigenvalue weighted by Crippen LogP contribution is 2.14. The highest BCUT2D eigenvalue weighted by atomic mass is 32.1. The van der Waals surface area contributed by atoms with E-state index >= 15 is 0 Å². The second-order valence-electron chi connectivity index (χ2n) is 3.96. The van der Waals surface area contributed by atoms with Crippen molar-refractivity contribution in [3.63, 3.8) is 0 Å². The molecule has 0 rings (SSSR count). The molecule has 92 valence electrons. The third kappa shape index (κ3) is 8.31. The Balaban J connectivity index is 3.33. The average Bonchev–Trinajstić information content (AvgIpc) is 2.25. The van der Waals surface area contributed by atoms with Crippen LogP contribution in [0.5, 0.6) is 0 Å². The zero-order valence-electron chi connectivity index (χ0n) is 10.4. The average molecular weight is 250 g/mol. The molecule has 0 aromatic carbocycles. The Kier molecular flexibility index (Phi) is 11.3. The van der Waals surface area contributed by atoms with Gasteiger partial charge < -0.3 is 8.85 Å². The van der Waals surface area contributed by atoms with Gasteiger partial charge in [0.05, 0.1) is 0 Å². The van der Waals surface area contributed by atoms with Crippen LogP contribution in [0, 0.1) is 0 Å². The monoisotopic (exact) mass is 250 g/mol. The van der Waals surface area contributed by atoms with Crippen LogP contribution in [0.3, 0.4) is 0 Å².